The van der Waals surface area contributed by atoms with Crippen molar-refractivity contribution in [2.75, 3.05) is 26.2 Å². The Morgan fingerprint density at radius 2 is 1.77 bits per heavy atom. The van der Waals surface area contributed by atoms with E-state index in [9.17, 15) is 14.4 Å². The molecule has 2 rings (SSSR count). The van der Waals surface area contributed by atoms with E-state index in [-0.39, 0.29) is 24.9 Å². The molecule has 1 aliphatic rings. The molecule has 22 heavy (non-hydrogen) atoms. The normalized spacial score (nSPS) is 19.0. The van der Waals surface area contributed by atoms with Crippen LogP contribution in [-0.4, -0.2) is 58.9 Å². The van der Waals surface area contributed by atoms with E-state index in [2.05, 4.69) is 5.16 Å². The van der Waals surface area contributed by atoms with Crippen molar-refractivity contribution >= 4 is 17.7 Å². The average molecular weight is 308 g/mol. The van der Waals surface area contributed by atoms with Gasteiger partial charge in [-0.15, -0.1) is 0 Å². The van der Waals surface area contributed by atoms with Gasteiger partial charge in [-0.1, -0.05) is 5.16 Å². The first-order valence-corrected chi connectivity index (χ1v) is 7.08. The number of carbonyl (C=O) groups excluding carboxylic acids is 3. The summed E-state index contributed by atoms with van der Waals surface area (Å²) >= 11 is 0. The van der Waals surface area contributed by atoms with Crippen molar-refractivity contribution in [1.29, 1.82) is 0 Å². The molecule has 3 amide bonds. The Kier molecular flexibility index (Phi) is 4.48. The zero-order valence-electron chi connectivity index (χ0n) is 13.0. The van der Waals surface area contributed by atoms with Gasteiger partial charge in [0.05, 0.1) is 11.6 Å². The Hall–Kier alpha value is -2.38. The Morgan fingerprint density at radius 3 is 2.27 bits per heavy atom. The molecule has 1 aromatic heterocycles. The first kappa shape index (κ1) is 16.0. The number of nitrogens with two attached hydrogens (primary N) is 1. The molecule has 1 aromatic rings. The van der Waals surface area contributed by atoms with Gasteiger partial charge in [-0.05, 0) is 13.8 Å². The maximum atomic E-state index is 12.7. The molecule has 1 fully saturated rings. The molecule has 0 aliphatic carbocycles. The molecule has 0 bridgehead atoms. The fourth-order valence-electron chi connectivity index (χ4n) is 2.61. The zero-order valence-corrected chi connectivity index (χ0v) is 13.0. The van der Waals surface area contributed by atoms with Crippen LogP contribution in [0.4, 0.5) is 0 Å². The van der Waals surface area contributed by atoms with Crippen LogP contribution in [0, 0.1) is 19.8 Å². The predicted octanol–water partition coefficient (Wildman–Crippen LogP) is -0.303. The van der Waals surface area contributed by atoms with E-state index in [1.54, 1.807) is 13.8 Å². The number of primary amides is 1. The minimum Gasteiger partial charge on any atom is -0.369 e. The molecule has 0 unspecified atom stereocenters. The first-order valence-electron chi connectivity index (χ1n) is 7.08. The van der Waals surface area contributed by atoms with Gasteiger partial charge >= 0.3 is 0 Å². The molecule has 120 valence electrons. The van der Waals surface area contributed by atoms with Crippen molar-refractivity contribution in [1.82, 2.24) is 15.0 Å². The minimum absolute atomic E-state index is 0.141. The van der Waals surface area contributed by atoms with Gasteiger partial charge < -0.3 is 20.1 Å². The summed E-state index contributed by atoms with van der Waals surface area (Å²) in [6.07, 6.45) is 0. The molecular weight excluding hydrogens is 288 g/mol. The smallest absolute Gasteiger partial charge is 0.259 e. The van der Waals surface area contributed by atoms with Crippen LogP contribution in [-0.2, 0) is 9.59 Å². The Morgan fingerprint density at radius 1 is 1.18 bits per heavy atom. The summed E-state index contributed by atoms with van der Waals surface area (Å²) in [5.41, 5.74) is 6.30. The van der Waals surface area contributed by atoms with Crippen molar-refractivity contribution in [2.45, 2.75) is 20.8 Å². The van der Waals surface area contributed by atoms with E-state index < -0.39 is 11.8 Å². The van der Waals surface area contributed by atoms with E-state index >= 15 is 0 Å². The van der Waals surface area contributed by atoms with Crippen molar-refractivity contribution in [3.63, 3.8) is 0 Å². The average Bonchev–Trinajstić information content (AvgIpc) is 2.66. The molecule has 1 atom stereocenters. The molecule has 2 N–H and O–H groups in total. The van der Waals surface area contributed by atoms with Gasteiger partial charge in [0.15, 0.2) is 0 Å². The summed E-state index contributed by atoms with van der Waals surface area (Å²) in [7, 11) is 0. The molecule has 8 nitrogen and oxygen atoms in total. The Balaban J connectivity index is 2.25. The van der Waals surface area contributed by atoms with E-state index in [1.165, 1.54) is 16.7 Å². The quantitative estimate of drug-likeness (QED) is 0.806. The number of nitrogens with zero attached hydrogens (tertiary/aromatic N) is 3. The lowest BCUT2D eigenvalue weighted by Crippen LogP contribution is -2.41. The van der Waals surface area contributed by atoms with Crippen LogP contribution < -0.4 is 5.73 Å². The number of hydrogen-bond acceptors (Lipinski definition) is 5. The second-order valence-electron chi connectivity index (χ2n) is 5.51. The summed E-state index contributed by atoms with van der Waals surface area (Å²) < 4.78 is 5.02. The van der Waals surface area contributed by atoms with Gasteiger partial charge in [-0.3, -0.25) is 14.4 Å². The van der Waals surface area contributed by atoms with Crippen molar-refractivity contribution in [3.05, 3.63) is 17.0 Å². The number of rotatable bonds is 2. The minimum atomic E-state index is -0.587. The third-order valence-corrected chi connectivity index (χ3v) is 3.90. The molecule has 0 saturated carbocycles. The number of hydrogen-bond donors (Lipinski definition) is 1. The third-order valence-electron chi connectivity index (χ3n) is 3.90. The monoisotopic (exact) mass is 308 g/mol. The second-order valence-corrected chi connectivity index (χ2v) is 5.51. The highest BCUT2D eigenvalue weighted by atomic mass is 16.5. The van der Waals surface area contributed by atoms with Gasteiger partial charge in [-0.25, -0.2) is 0 Å². The van der Waals surface area contributed by atoms with Crippen LogP contribution in [0.15, 0.2) is 4.52 Å². The maximum Gasteiger partial charge on any atom is 0.259 e. The lowest BCUT2D eigenvalue weighted by molar-refractivity contribution is -0.130. The lowest BCUT2D eigenvalue weighted by Gasteiger charge is -2.22. The topological polar surface area (TPSA) is 110 Å². The largest absolute Gasteiger partial charge is 0.369 e. The van der Waals surface area contributed by atoms with E-state index in [4.69, 9.17) is 10.3 Å². The van der Waals surface area contributed by atoms with Gasteiger partial charge in [0, 0.05) is 33.1 Å². The second kappa shape index (κ2) is 6.17. The summed E-state index contributed by atoms with van der Waals surface area (Å²) in [6, 6.07) is 0. The maximum absolute atomic E-state index is 12.7. The molecule has 1 saturated heterocycles. The number of carbonyl (C=O) groups is 3. The van der Waals surface area contributed by atoms with Gasteiger partial charge in [0.1, 0.15) is 11.3 Å². The summed E-state index contributed by atoms with van der Waals surface area (Å²) in [4.78, 5) is 38.9. The van der Waals surface area contributed by atoms with Crippen molar-refractivity contribution in [3.8, 4) is 0 Å². The zero-order chi connectivity index (χ0) is 16.4. The van der Waals surface area contributed by atoms with Crippen LogP contribution in [0.5, 0.6) is 0 Å². The molecule has 0 aromatic carbocycles. The molecule has 1 aliphatic heterocycles. The predicted molar refractivity (Wildman–Crippen MR) is 76.8 cm³/mol. The first-order chi connectivity index (χ1) is 10.3. The van der Waals surface area contributed by atoms with Crippen LogP contribution in [0.3, 0.4) is 0 Å². The lowest BCUT2D eigenvalue weighted by atomic mass is 10.1. The van der Waals surface area contributed by atoms with Crippen LogP contribution in [0.1, 0.15) is 28.7 Å². The third kappa shape index (κ3) is 3.10. The molecule has 0 spiro atoms. The Bertz CT molecular complexity index is 590. The highest BCUT2D eigenvalue weighted by Gasteiger charge is 2.32. The fraction of sp³-hybridized carbons (Fsp3) is 0.571. The highest BCUT2D eigenvalue weighted by molar-refractivity contribution is 5.96. The standard InChI is InChI=1S/C14H20N4O4/c1-8-12(9(2)22-16-8)14(21)18-5-4-17(10(3)19)6-11(7-18)13(15)20/h11H,4-7H2,1-3H3,(H2,15,20)/t11-/m0/s1. The van der Waals surface area contributed by atoms with Crippen molar-refractivity contribution in [2.24, 2.45) is 11.7 Å². The number of amides is 3. The number of aromatic nitrogens is 1. The van der Waals surface area contributed by atoms with Gasteiger partial charge in [-0.2, -0.15) is 0 Å². The number of aryl methyl sites for hydroxylation is 2. The Labute approximate surface area is 128 Å². The molecule has 0 radical (unpaired) electrons. The molecule has 2 heterocycles. The van der Waals surface area contributed by atoms with E-state index in [1.807, 2.05) is 0 Å². The van der Waals surface area contributed by atoms with Gasteiger partial charge in [0.2, 0.25) is 11.8 Å². The summed E-state index contributed by atoms with van der Waals surface area (Å²) in [5.74, 6) is -1.07. The van der Waals surface area contributed by atoms with Gasteiger partial charge in [0.25, 0.3) is 5.91 Å². The van der Waals surface area contributed by atoms with E-state index in [0.717, 1.165) is 0 Å². The molecule has 8 heteroatoms. The van der Waals surface area contributed by atoms with Crippen LogP contribution in [0.25, 0.3) is 0 Å². The van der Waals surface area contributed by atoms with E-state index in [0.29, 0.717) is 30.1 Å². The summed E-state index contributed by atoms with van der Waals surface area (Å²) in [6.45, 7) is 5.91. The van der Waals surface area contributed by atoms with Crippen LogP contribution in [0.2, 0.25) is 0 Å². The van der Waals surface area contributed by atoms with Crippen molar-refractivity contribution < 1.29 is 18.9 Å². The van der Waals surface area contributed by atoms with Crippen LogP contribution >= 0.6 is 0 Å². The SMILES string of the molecule is CC(=O)N1CCN(C(=O)c2c(C)noc2C)C[C@@H](C(N)=O)C1. The highest BCUT2D eigenvalue weighted by Crippen LogP contribution is 2.18. The fourth-order valence-corrected chi connectivity index (χ4v) is 2.61. The molecular formula is C14H20N4O4. The summed E-state index contributed by atoms with van der Waals surface area (Å²) in [5, 5.41) is 3.77.